The maximum absolute atomic E-state index is 12.9. The van der Waals surface area contributed by atoms with Gasteiger partial charge >= 0.3 is 6.03 Å². The molecule has 9 heteroatoms. The Morgan fingerprint density at radius 2 is 1.54 bits per heavy atom. The maximum atomic E-state index is 12.9. The first kappa shape index (κ1) is 30.2. The van der Waals surface area contributed by atoms with Crippen molar-refractivity contribution in [2.45, 2.75) is 77.7 Å². The van der Waals surface area contributed by atoms with Crippen molar-refractivity contribution in [2.24, 2.45) is 11.8 Å². The highest BCUT2D eigenvalue weighted by atomic mass is 32.2. The monoisotopic (exact) mass is 530 g/mol. The molecule has 0 aliphatic carbocycles. The van der Waals surface area contributed by atoms with Gasteiger partial charge < -0.3 is 16.0 Å². The molecule has 2 atom stereocenters. The van der Waals surface area contributed by atoms with Crippen molar-refractivity contribution in [1.29, 1.82) is 0 Å². The predicted octanol–water partition coefficient (Wildman–Crippen LogP) is 5.66. The number of nitrogens with one attached hydrogen (secondary N) is 4. The fourth-order valence-electron chi connectivity index (χ4n) is 3.89. The Kier molecular flexibility index (Phi) is 11.9. The normalized spacial score (nSPS) is 13.0. The van der Waals surface area contributed by atoms with Crippen LogP contribution in [0.25, 0.3) is 0 Å². The number of benzene rings is 2. The summed E-state index contributed by atoms with van der Waals surface area (Å²) < 4.78 is 27.7. The third-order valence-electron chi connectivity index (χ3n) is 6.16. The van der Waals surface area contributed by atoms with Gasteiger partial charge in [0, 0.05) is 17.9 Å². The largest absolute Gasteiger partial charge is 0.354 e. The van der Waals surface area contributed by atoms with E-state index >= 15 is 0 Å². The summed E-state index contributed by atoms with van der Waals surface area (Å²) in [5.74, 6) is 0.470. The van der Waals surface area contributed by atoms with Crippen molar-refractivity contribution < 1.29 is 18.0 Å². The Balaban J connectivity index is 1.96. The molecule has 0 heterocycles. The zero-order valence-corrected chi connectivity index (χ0v) is 23.5. The number of unbranched alkanes of at least 4 members (excludes halogenated alkanes) is 1. The lowest BCUT2D eigenvalue weighted by Gasteiger charge is -2.22. The molecule has 2 aromatic rings. The minimum Gasteiger partial charge on any atom is -0.354 e. The standard InChI is InChI=1S/C28H42N4O4S/c1-6-8-9-22(7-2)19-29-27(33)26(18-20(3)4)31-28(34)30-23-12-14-24(15-13-23)32-37(35,36)25-16-10-21(5)11-17-25/h10-17,20,22,26,32H,6-9,18-19H2,1-5H3,(H,29,33)(H2,30,31,34)/t22?,26-/m1/s1. The summed E-state index contributed by atoms with van der Waals surface area (Å²) in [7, 11) is -3.72. The summed E-state index contributed by atoms with van der Waals surface area (Å²) in [6.45, 7) is 10.8. The Bertz CT molecular complexity index is 1100. The Labute approximate surface area is 222 Å². The molecule has 37 heavy (non-hydrogen) atoms. The van der Waals surface area contributed by atoms with Gasteiger partial charge in [0.2, 0.25) is 5.91 Å². The van der Waals surface area contributed by atoms with Crippen LogP contribution in [0.4, 0.5) is 16.2 Å². The number of carbonyl (C=O) groups is 2. The summed E-state index contributed by atoms with van der Waals surface area (Å²) in [4.78, 5) is 25.7. The van der Waals surface area contributed by atoms with Crippen LogP contribution in [0.5, 0.6) is 0 Å². The lowest BCUT2D eigenvalue weighted by molar-refractivity contribution is -0.123. The van der Waals surface area contributed by atoms with E-state index in [0.29, 0.717) is 30.3 Å². The van der Waals surface area contributed by atoms with E-state index in [4.69, 9.17) is 0 Å². The molecule has 0 radical (unpaired) electrons. The first-order valence-electron chi connectivity index (χ1n) is 13.1. The fourth-order valence-corrected chi connectivity index (χ4v) is 4.95. The zero-order chi connectivity index (χ0) is 27.4. The SMILES string of the molecule is CCCCC(CC)CNC(=O)[C@@H](CC(C)C)NC(=O)Nc1ccc(NS(=O)(=O)c2ccc(C)cc2)cc1. The van der Waals surface area contributed by atoms with Gasteiger partial charge in [-0.05, 0) is 68.0 Å². The predicted molar refractivity (Wildman–Crippen MR) is 150 cm³/mol. The minimum atomic E-state index is -3.72. The molecule has 4 N–H and O–H groups in total. The number of anilines is 2. The number of amides is 3. The summed E-state index contributed by atoms with van der Waals surface area (Å²) in [6, 6.07) is 11.8. The second kappa shape index (κ2) is 14.6. The second-order valence-corrected chi connectivity index (χ2v) is 11.6. The molecule has 1 unspecified atom stereocenters. The Morgan fingerprint density at radius 1 is 0.919 bits per heavy atom. The van der Waals surface area contributed by atoms with Gasteiger partial charge in [-0.25, -0.2) is 13.2 Å². The smallest absolute Gasteiger partial charge is 0.319 e. The fraction of sp³-hybridized carbons (Fsp3) is 0.500. The van der Waals surface area contributed by atoms with Gasteiger partial charge in [0.05, 0.1) is 4.90 Å². The quantitative estimate of drug-likeness (QED) is 0.252. The van der Waals surface area contributed by atoms with Crippen LogP contribution in [0, 0.1) is 18.8 Å². The van der Waals surface area contributed by atoms with E-state index in [0.717, 1.165) is 31.2 Å². The number of carbonyl (C=O) groups excluding carboxylic acids is 2. The number of aryl methyl sites for hydroxylation is 1. The first-order chi connectivity index (χ1) is 17.5. The van der Waals surface area contributed by atoms with Gasteiger partial charge in [-0.2, -0.15) is 0 Å². The molecule has 0 fully saturated rings. The molecule has 0 aromatic heterocycles. The third-order valence-corrected chi connectivity index (χ3v) is 7.56. The lowest BCUT2D eigenvalue weighted by atomic mass is 9.98. The van der Waals surface area contributed by atoms with Crippen molar-refractivity contribution in [3.63, 3.8) is 0 Å². The third kappa shape index (κ3) is 10.4. The molecule has 0 aliphatic rings. The average molecular weight is 531 g/mol. The highest BCUT2D eigenvalue weighted by Gasteiger charge is 2.23. The average Bonchev–Trinajstić information content (AvgIpc) is 2.84. The molecule has 0 bridgehead atoms. The van der Waals surface area contributed by atoms with Gasteiger partial charge in [-0.1, -0.05) is 64.7 Å². The molecule has 0 saturated carbocycles. The summed E-state index contributed by atoms with van der Waals surface area (Å²) in [5, 5.41) is 8.53. The number of hydrogen-bond donors (Lipinski definition) is 4. The number of sulfonamides is 1. The minimum absolute atomic E-state index is 0.171. The van der Waals surface area contributed by atoms with Crippen LogP contribution < -0.4 is 20.7 Å². The molecule has 8 nitrogen and oxygen atoms in total. The van der Waals surface area contributed by atoms with E-state index in [1.165, 1.54) is 0 Å². The Morgan fingerprint density at radius 3 is 2.11 bits per heavy atom. The van der Waals surface area contributed by atoms with Gasteiger partial charge in [0.25, 0.3) is 10.0 Å². The highest BCUT2D eigenvalue weighted by Crippen LogP contribution is 2.19. The maximum Gasteiger partial charge on any atom is 0.319 e. The first-order valence-corrected chi connectivity index (χ1v) is 14.6. The molecular formula is C28H42N4O4S. The second-order valence-electron chi connectivity index (χ2n) is 9.94. The van der Waals surface area contributed by atoms with Crippen LogP contribution in [0.1, 0.15) is 65.4 Å². The molecule has 2 aromatic carbocycles. The molecule has 3 amide bonds. The van der Waals surface area contributed by atoms with Crippen LogP contribution in [0.15, 0.2) is 53.4 Å². The number of urea groups is 1. The van der Waals surface area contributed by atoms with Crippen molar-refractivity contribution >= 4 is 33.3 Å². The van der Waals surface area contributed by atoms with Crippen LogP contribution in [-0.2, 0) is 14.8 Å². The molecular weight excluding hydrogens is 488 g/mol. The van der Waals surface area contributed by atoms with Crippen LogP contribution >= 0.6 is 0 Å². The van der Waals surface area contributed by atoms with E-state index in [-0.39, 0.29) is 16.7 Å². The summed E-state index contributed by atoms with van der Waals surface area (Å²) in [6.07, 6.45) is 4.86. The molecule has 0 spiro atoms. The lowest BCUT2D eigenvalue weighted by Crippen LogP contribution is -2.49. The van der Waals surface area contributed by atoms with Gasteiger partial charge in [0.1, 0.15) is 6.04 Å². The van der Waals surface area contributed by atoms with Crippen molar-refractivity contribution in [2.75, 3.05) is 16.6 Å². The van der Waals surface area contributed by atoms with Crippen molar-refractivity contribution in [3.05, 3.63) is 54.1 Å². The zero-order valence-electron chi connectivity index (χ0n) is 22.6. The van der Waals surface area contributed by atoms with Crippen LogP contribution in [0.2, 0.25) is 0 Å². The summed E-state index contributed by atoms with van der Waals surface area (Å²) >= 11 is 0. The molecule has 2 rings (SSSR count). The van der Waals surface area contributed by atoms with Crippen LogP contribution in [-0.4, -0.2) is 32.9 Å². The molecule has 0 saturated heterocycles. The topological polar surface area (TPSA) is 116 Å². The summed E-state index contributed by atoms with van der Waals surface area (Å²) in [5.41, 5.74) is 1.82. The van der Waals surface area contributed by atoms with Gasteiger partial charge in [-0.3, -0.25) is 9.52 Å². The van der Waals surface area contributed by atoms with E-state index in [2.05, 4.69) is 34.5 Å². The van der Waals surface area contributed by atoms with Crippen LogP contribution in [0.3, 0.4) is 0 Å². The van der Waals surface area contributed by atoms with E-state index < -0.39 is 22.1 Å². The Hall–Kier alpha value is -3.07. The molecule has 0 aliphatic heterocycles. The van der Waals surface area contributed by atoms with E-state index in [1.54, 1.807) is 48.5 Å². The van der Waals surface area contributed by atoms with E-state index in [9.17, 15) is 18.0 Å². The van der Waals surface area contributed by atoms with Crippen molar-refractivity contribution in [3.8, 4) is 0 Å². The van der Waals surface area contributed by atoms with Gasteiger partial charge in [-0.15, -0.1) is 0 Å². The van der Waals surface area contributed by atoms with E-state index in [1.807, 2.05) is 20.8 Å². The highest BCUT2D eigenvalue weighted by molar-refractivity contribution is 7.92. The van der Waals surface area contributed by atoms with Crippen molar-refractivity contribution in [1.82, 2.24) is 10.6 Å². The number of rotatable bonds is 14. The van der Waals surface area contributed by atoms with Gasteiger partial charge in [0.15, 0.2) is 0 Å². The number of hydrogen-bond acceptors (Lipinski definition) is 4. The molecule has 204 valence electrons.